The van der Waals surface area contributed by atoms with E-state index in [0.29, 0.717) is 13.2 Å². The van der Waals surface area contributed by atoms with Crippen LogP contribution in [-0.2, 0) is 11.8 Å². The number of carbonyl (C=O) groups excluding carboxylic acids is 1. The monoisotopic (exact) mass is 326 g/mol. The summed E-state index contributed by atoms with van der Waals surface area (Å²) in [7, 11) is 1.90. The van der Waals surface area contributed by atoms with E-state index >= 15 is 0 Å². The normalized spacial score (nSPS) is 25.8. The second-order valence-corrected chi connectivity index (χ2v) is 6.55. The highest BCUT2D eigenvalue weighted by Crippen LogP contribution is 2.33. The number of para-hydroxylation sites is 1. The fraction of sp³-hybridized carbons (Fsp3) is 0.444. The van der Waals surface area contributed by atoms with Crippen molar-refractivity contribution in [1.82, 2.24) is 20.4 Å². The van der Waals surface area contributed by atoms with Gasteiger partial charge in [-0.2, -0.15) is 5.10 Å². The van der Waals surface area contributed by atoms with E-state index in [1.54, 1.807) is 4.68 Å². The summed E-state index contributed by atoms with van der Waals surface area (Å²) in [6, 6.07) is 7.97. The number of aryl methyl sites for hydroxylation is 1. The minimum Gasteiger partial charge on any atom is -0.493 e. The molecule has 1 aromatic heterocycles. The Morgan fingerprint density at radius 2 is 2.25 bits per heavy atom. The van der Waals surface area contributed by atoms with Gasteiger partial charge in [0.2, 0.25) is 5.91 Å². The first-order chi connectivity index (χ1) is 11.7. The smallest absolute Gasteiger partial charge is 0.225 e. The third-order valence-electron chi connectivity index (χ3n) is 4.98. The van der Waals surface area contributed by atoms with E-state index in [-0.39, 0.29) is 23.8 Å². The van der Waals surface area contributed by atoms with Crippen LogP contribution in [0.25, 0.3) is 0 Å². The summed E-state index contributed by atoms with van der Waals surface area (Å²) in [4.78, 5) is 12.9. The molecular weight excluding hydrogens is 304 g/mol. The summed E-state index contributed by atoms with van der Waals surface area (Å²) in [5.74, 6) is 1.09. The number of ether oxygens (including phenoxy) is 1. The van der Waals surface area contributed by atoms with Gasteiger partial charge in [-0.05, 0) is 11.6 Å². The topological polar surface area (TPSA) is 68.2 Å². The zero-order valence-electron chi connectivity index (χ0n) is 13.7. The molecular formula is C18H22N4O2. The van der Waals surface area contributed by atoms with E-state index in [2.05, 4.69) is 15.7 Å². The molecule has 1 amide bonds. The lowest BCUT2D eigenvalue weighted by atomic mass is 9.89. The molecule has 4 rings (SSSR count). The van der Waals surface area contributed by atoms with Crippen LogP contribution in [0.3, 0.4) is 0 Å². The summed E-state index contributed by atoms with van der Waals surface area (Å²) in [6.45, 7) is 2.15. The molecule has 126 valence electrons. The molecule has 0 aliphatic carbocycles. The fourth-order valence-corrected chi connectivity index (χ4v) is 3.71. The van der Waals surface area contributed by atoms with Crippen LogP contribution < -0.4 is 15.4 Å². The molecule has 0 bridgehead atoms. The summed E-state index contributed by atoms with van der Waals surface area (Å²) in [6.07, 6.45) is 4.67. The Bertz CT molecular complexity index is 742. The van der Waals surface area contributed by atoms with Crippen molar-refractivity contribution in [3.63, 3.8) is 0 Å². The summed E-state index contributed by atoms with van der Waals surface area (Å²) in [5, 5.41) is 10.8. The van der Waals surface area contributed by atoms with Crippen LogP contribution in [0, 0.1) is 5.92 Å². The zero-order chi connectivity index (χ0) is 16.5. The Hall–Kier alpha value is -2.34. The van der Waals surface area contributed by atoms with Gasteiger partial charge in [0.05, 0.1) is 24.8 Å². The van der Waals surface area contributed by atoms with Crippen molar-refractivity contribution in [2.45, 2.75) is 18.4 Å². The van der Waals surface area contributed by atoms with Crippen LogP contribution in [0.5, 0.6) is 5.75 Å². The van der Waals surface area contributed by atoms with Gasteiger partial charge in [0.15, 0.2) is 0 Å². The average molecular weight is 326 g/mol. The summed E-state index contributed by atoms with van der Waals surface area (Å²) >= 11 is 0. The van der Waals surface area contributed by atoms with Gasteiger partial charge >= 0.3 is 0 Å². The first-order valence-electron chi connectivity index (χ1n) is 8.44. The average Bonchev–Trinajstić information content (AvgIpc) is 3.24. The Morgan fingerprint density at radius 1 is 1.38 bits per heavy atom. The van der Waals surface area contributed by atoms with E-state index in [4.69, 9.17) is 4.74 Å². The molecule has 0 spiro atoms. The Labute approximate surface area is 141 Å². The molecule has 3 atom stereocenters. The largest absolute Gasteiger partial charge is 0.493 e. The number of carbonyl (C=O) groups is 1. The van der Waals surface area contributed by atoms with Crippen LogP contribution >= 0.6 is 0 Å². The molecule has 2 aromatic rings. The minimum absolute atomic E-state index is 0.0256. The maximum absolute atomic E-state index is 12.9. The Balaban J connectivity index is 1.50. The maximum atomic E-state index is 12.9. The van der Waals surface area contributed by atoms with Crippen LogP contribution in [0.1, 0.15) is 29.5 Å². The van der Waals surface area contributed by atoms with Crippen molar-refractivity contribution in [1.29, 1.82) is 0 Å². The van der Waals surface area contributed by atoms with E-state index in [1.807, 2.05) is 43.7 Å². The predicted molar refractivity (Wildman–Crippen MR) is 89.7 cm³/mol. The lowest BCUT2D eigenvalue weighted by Gasteiger charge is -2.28. The highest BCUT2D eigenvalue weighted by atomic mass is 16.5. The number of nitrogens with one attached hydrogen (secondary N) is 2. The number of benzene rings is 1. The number of fused-ring (bicyclic) bond motifs is 1. The van der Waals surface area contributed by atoms with Crippen LogP contribution in [0.4, 0.5) is 0 Å². The summed E-state index contributed by atoms with van der Waals surface area (Å²) in [5.41, 5.74) is 2.19. The quantitative estimate of drug-likeness (QED) is 0.894. The first-order valence-corrected chi connectivity index (χ1v) is 8.44. The van der Waals surface area contributed by atoms with E-state index in [1.165, 1.54) is 0 Å². The van der Waals surface area contributed by atoms with Gasteiger partial charge in [0.25, 0.3) is 0 Å². The minimum atomic E-state index is -0.0655. The van der Waals surface area contributed by atoms with E-state index in [9.17, 15) is 4.79 Å². The second-order valence-electron chi connectivity index (χ2n) is 6.55. The van der Waals surface area contributed by atoms with Crippen LogP contribution in [0.2, 0.25) is 0 Å². The molecule has 2 aliphatic rings. The van der Waals surface area contributed by atoms with Crippen molar-refractivity contribution in [3.8, 4) is 5.75 Å². The van der Waals surface area contributed by atoms with Crippen molar-refractivity contribution < 1.29 is 9.53 Å². The van der Waals surface area contributed by atoms with Gasteiger partial charge in [-0.25, -0.2) is 0 Å². The molecule has 1 fully saturated rings. The molecule has 3 heterocycles. The van der Waals surface area contributed by atoms with Gasteiger partial charge in [-0.1, -0.05) is 18.2 Å². The van der Waals surface area contributed by atoms with Crippen LogP contribution in [0.15, 0.2) is 36.7 Å². The third kappa shape index (κ3) is 2.78. The molecule has 0 radical (unpaired) electrons. The fourth-order valence-electron chi connectivity index (χ4n) is 3.71. The van der Waals surface area contributed by atoms with E-state index < -0.39 is 0 Å². The SMILES string of the molecule is Cn1cc([C@H]2CNC[C@@H]2C(=O)NC2CCOc3ccccc32)cn1. The van der Waals surface area contributed by atoms with E-state index in [0.717, 1.165) is 29.8 Å². The zero-order valence-corrected chi connectivity index (χ0v) is 13.7. The molecule has 24 heavy (non-hydrogen) atoms. The van der Waals surface area contributed by atoms with Crippen LogP contribution in [-0.4, -0.2) is 35.4 Å². The Morgan fingerprint density at radius 3 is 3.08 bits per heavy atom. The highest BCUT2D eigenvalue weighted by molar-refractivity contribution is 5.81. The van der Waals surface area contributed by atoms with Crippen molar-refractivity contribution in [3.05, 3.63) is 47.8 Å². The van der Waals surface area contributed by atoms with Crippen molar-refractivity contribution in [2.24, 2.45) is 13.0 Å². The number of hydrogen-bond acceptors (Lipinski definition) is 4. The number of amides is 1. The van der Waals surface area contributed by atoms with Gasteiger partial charge in [-0.15, -0.1) is 0 Å². The van der Waals surface area contributed by atoms with Gasteiger partial charge in [0, 0.05) is 44.2 Å². The number of hydrogen-bond donors (Lipinski definition) is 2. The molecule has 6 nitrogen and oxygen atoms in total. The van der Waals surface area contributed by atoms with Gasteiger partial charge in [-0.3, -0.25) is 9.48 Å². The first kappa shape index (κ1) is 15.2. The molecule has 1 aromatic carbocycles. The lowest BCUT2D eigenvalue weighted by molar-refractivity contribution is -0.125. The van der Waals surface area contributed by atoms with Gasteiger partial charge in [0.1, 0.15) is 5.75 Å². The molecule has 0 saturated carbocycles. The molecule has 2 aliphatic heterocycles. The van der Waals surface area contributed by atoms with Crippen molar-refractivity contribution >= 4 is 5.91 Å². The molecule has 2 N–H and O–H groups in total. The number of aromatic nitrogens is 2. The number of nitrogens with zero attached hydrogens (tertiary/aromatic N) is 2. The predicted octanol–water partition coefficient (Wildman–Crippen LogP) is 1.36. The van der Waals surface area contributed by atoms with Gasteiger partial charge < -0.3 is 15.4 Å². The third-order valence-corrected chi connectivity index (χ3v) is 4.98. The molecule has 6 heteroatoms. The lowest BCUT2D eigenvalue weighted by Crippen LogP contribution is -2.38. The Kier molecular flexibility index (Phi) is 3.98. The second kappa shape index (κ2) is 6.28. The number of rotatable bonds is 3. The highest BCUT2D eigenvalue weighted by Gasteiger charge is 2.36. The maximum Gasteiger partial charge on any atom is 0.225 e. The molecule has 1 saturated heterocycles. The summed E-state index contributed by atoms with van der Waals surface area (Å²) < 4.78 is 7.47. The standard InChI is InChI=1S/C18H22N4O2/c1-22-11-12(8-20-22)14-9-19-10-15(14)18(23)21-16-6-7-24-17-5-3-2-4-13(16)17/h2-5,8,11,14-16,19H,6-7,9-10H2,1H3,(H,21,23)/t14-,15+,16?/m1/s1. The van der Waals surface area contributed by atoms with Crippen molar-refractivity contribution in [2.75, 3.05) is 19.7 Å². The molecule has 1 unspecified atom stereocenters.